The maximum atomic E-state index is 9.35. The van der Waals surface area contributed by atoms with Gasteiger partial charge in [-0.05, 0) is 18.6 Å². The third-order valence-corrected chi connectivity index (χ3v) is 2.58. The molecule has 1 heterocycles. The van der Waals surface area contributed by atoms with Crippen molar-refractivity contribution >= 4 is 0 Å². The SMILES string of the molecule is CCC(C)c1nc(-c2cccc(O)c2)no1. The molecule has 0 fully saturated rings. The molecule has 4 nitrogen and oxygen atoms in total. The number of aromatic hydroxyl groups is 1. The van der Waals surface area contributed by atoms with Gasteiger partial charge in [-0.25, -0.2) is 0 Å². The van der Waals surface area contributed by atoms with E-state index in [-0.39, 0.29) is 11.7 Å². The molecule has 1 aromatic heterocycles. The Balaban J connectivity index is 2.31. The summed E-state index contributed by atoms with van der Waals surface area (Å²) < 4.78 is 5.17. The van der Waals surface area contributed by atoms with E-state index in [1.165, 1.54) is 0 Å². The van der Waals surface area contributed by atoms with Crippen molar-refractivity contribution in [1.82, 2.24) is 10.1 Å². The van der Waals surface area contributed by atoms with Crippen LogP contribution in [0.3, 0.4) is 0 Å². The molecule has 2 rings (SSSR count). The monoisotopic (exact) mass is 218 g/mol. The molecule has 0 bridgehead atoms. The fraction of sp³-hybridized carbons (Fsp3) is 0.333. The molecule has 1 aromatic carbocycles. The average Bonchev–Trinajstić information content (AvgIpc) is 2.77. The van der Waals surface area contributed by atoms with E-state index in [9.17, 15) is 5.11 Å². The second-order valence-corrected chi connectivity index (χ2v) is 3.82. The minimum atomic E-state index is 0.201. The molecule has 16 heavy (non-hydrogen) atoms. The van der Waals surface area contributed by atoms with Crippen LogP contribution in [0, 0.1) is 0 Å². The van der Waals surface area contributed by atoms with Crippen LogP contribution in [-0.4, -0.2) is 15.2 Å². The van der Waals surface area contributed by atoms with Crippen molar-refractivity contribution in [3.8, 4) is 17.1 Å². The highest BCUT2D eigenvalue weighted by Crippen LogP contribution is 2.23. The van der Waals surface area contributed by atoms with Gasteiger partial charge in [0.15, 0.2) is 0 Å². The predicted octanol–water partition coefficient (Wildman–Crippen LogP) is 2.96. The number of hydrogen-bond acceptors (Lipinski definition) is 4. The van der Waals surface area contributed by atoms with Crippen molar-refractivity contribution in [2.24, 2.45) is 0 Å². The lowest BCUT2D eigenvalue weighted by Crippen LogP contribution is -1.90. The topological polar surface area (TPSA) is 59.2 Å². The van der Waals surface area contributed by atoms with Crippen LogP contribution in [0.4, 0.5) is 0 Å². The van der Waals surface area contributed by atoms with Crippen LogP contribution >= 0.6 is 0 Å². The van der Waals surface area contributed by atoms with Crippen LogP contribution < -0.4 is 0 Å². The summed E-state index contributed by atoms with van der Waals surface area (Å²) in [5, 5.41) is 13.2. The number of hydrogen-bond donors (Lipinski definition) is 1. The van der Waals surface area contributed by atoms with E-state index in [4.69, 9.17) is 4.52 Å². The average molecular weight is 218 g/mol. The molecule has 0 amide bonds. The van der Waals surface area contributed by atoms with E-state index in [1.807, 2.05) is 13.0 Å². The molecule has 0 saturated heterocycles. The van der Waals surface area contributed by atoms with Crippen LogP contribution in [0.5, 0.6) is 5.75 Å². The Morgan fingerprint density at radius 1 is 1.44 bits per heavy atom. The maximum Gasteiger partial charge on any atom is 0.229 e. The zero-order chi connectivity index (χ0) is 11.5. The molecule has 0 spiro atoms. The largest absolute Gasteiger partial charge is 0.508 e. The standard InChI is InChI=1S/C12H14N2O2/c1-3-8(2)12-13-11(14-16-12)9-5-4-6-10(15)7-9/h4-8,15H,3H2,1-2H3. The van der Waals surface area contributed by atoms with Crippen LogP contribution in [-0.2, 0) is 0 Å². The molecule has 1 N–H and O–H groups in total. The molecular formula is C12H14N2O2. The first kappa shape index (κ1) is 10.7. The lowest BCUT2D eigenvalue weighted by atomic mass is 10.1. The van der Waals surface area contributed by atoms with Crippen LogP contribution in [0.1, 0.15) is 32.1 Å². The van der Waals surface area contributed by atoms with E-state index < -0.39 is 0 Å². The summed E-state index contributed by atoms with van der Waals surface area (Å²) in [5.41, 5.74) is 0.762. The first-order valence-electron chi connectivity index (χ1n) is 5.33. The van der Waals surface area contributed by atoms with Gasteiger partial charge in [-0.2, -0.15) is 4.98 Å². The van der Waals surface area contributed by atoms with Crippen molar-refractivity contribution in [2.75, 3.05) is 0 Å². The normalized spacial score (nSPS) is 12.6. The Hall–Kier alpha value is -1.84. The number of benzene rings is 1. The Bertz CT molecular complexity index is 479. The van der Waals surface area contributed by atoms with E-state index in [0.717, 1.165) is 12.0 Å². The smallest absolute Gasteiger partial charge is 0.229 e. The summed E-state index contributed by atoms with van der Waals surface area (Å²) in [4.78, 5) is 4.30. The van der Waals surface area contributed by atoms with Gasteiger partial charge in [0.2, 0.25) is 11.7 Å². The summed E-state index contributed by atoms with van der Waals surface area (Å²) in [6.45, 7) is 4.11. The minimum absolute atomic E-state index is 0.201. The van der Waals surface area contributed by atoms with Crippen LogP contribution in [0.25, 0.3) is 11.4 Å². The highest BCUT2D eigenvalue weighted by Gasteiger charge is 2.13. The zero-order valence-corrected chi connectivity index (χ0v) is 9.34. The molecule has 0 radical (unpaired) electrons. The van der Waals surface area contributed by atoms with Gasteiger partial charge in [0, 0.05) is 11.5 Å². The van der Waals surface area contributed by atoms with Gasteiger partial charge in [0.1, 0.15) is 5.75 Å². The molecule has 84 valence electrons. The molecular weight excluding hydrogens is 204 g/mol. The molecule has 0 saturated carbocycles. The summed E-state index contributed by atoms with van der Waals surface area (Å²) in [6, 6.07) is 6.82. The molecule has 1 unspecified atom stereocenters. The zero-order valence-electron chi connectivity index (χ0n) is 9.34. The molecule has 0 aliphatic carbocycles. The van der Waals surface area contributed by atoms with E-state index >= 15 is 0 Å². The molecule has 0 aliphatic heterocycles. The van der Waals surface area contributed by atoms with Gasteiger partial charge in [-0.3, -0.25) is 0 Å². The quantitative estimate of drug-likeness (QED) is 0.860. The predicted molar refractivity (Wildman–Crippen MR) is 60.1 cm³/mol. The van der Waals surface area contributed by atoms with Gasteiger partial charge in [0.25, 0.3) is 0 Å². The van der Waals surface area contributed by atoms with E-state index in [1.54, 1.807) is 18.2 Å². The summed E-state index contributed by atoms with van der Waals surface area (Å²) in [6.07, 6.45) is 0.960. The van der Waals surface area contributed by atoms with Crippen LogP contribution in [0.15, 0.2) is 28.8 Å². The number of phenols is 1. The second-order valence-electron chi connectivity index (χ2n) is 3.82. The Kier molecular flexibility index (Phi) is 2.90. The number of rotatable bonds is 3. The Morgan fingerprint density at radius 2 is 2.25 bits per heavy atom. The lowest BCUT2D eigenvalue weighted by molar-refractivity contribution is 0.357. The van der Waals surface area contributed by atoms with E-state index in [2.05, 4.69) is 17.1 Å². The van der Waals surface area contributed by atoms with Crippen molar-refractivity contribution in [3.05, 3.63) is 30.2 Å². The fourth-order valence-electron chi connectivity index (χ4n) is 1.37. The first-order valence-corrected chi connectivity index (χ1v) is 5.33. The second kappa shape index (κ2) is 4.35. The Labute approximate surface area is 93.9 Å². The first-order chi connectivity index (χ1) is 7.70. The summed E-state index contributed by atoms with van der Waals surface area (Å²) >= 11 is 0. The maximum absolute atomic E-state index is 9.35. The minimum Gasteiger partial charge on any atom is -0.508 e. The van der Waals surface area contributed by atoms with Crippen molar-refractivity contribution in [2.45, 2.75) is 26.2 Å². The van der Waals surface area contributed by atoms with E-state index in [0.29, 0.717) is 11.7 Å². The van der Waals surface area contributed by atoms with Crippen molar-refractivity contribution in [1.29, 1.82) is 0 Å². The third-order valence-electron chi connectivity index (χ3n) is 2.58. The van der Waals surface area contributed by atoms with Crippen molar-refractivity contribution in [3.63, 3.8) is 0 Å². The van der Waals surface area contributed by atoms with Crippen LogP contribution in [0.2, 0.25) is 0 Å². The van der Waals surface area contributed by atoms with Crippen molar-refractivity contribution < 1.29 is 9.63 Å². The number of phenolic OH excluding ortho intramolecular Hbond substituents is 1. The van der Waals surface area contributed by atoms with Gasteiger partial charge < -0.3 is 9.63 Å². The lowest BCUT2D eigenvalue weighted by Gasteiger charge is -1.98. The van der Waals surface area contributed by atoms with Gasteiger partial charge in [0.05, 0.1) is 0 Å². The highest BCUT2D eigenvalue weighted by molar-refractivity contribution is 5.56. The molecule has 2 aromatic rings. The highest BCUT2D eigenvalue weighted by atomic mass is 16.5. The summed E-state index contributed by atoms with van der Waals surface area (Å²) in [7, 11) is 0. The number of nitrogens with zero attached hydrogens (tertiary/aromatic N) is 2. The molecule has 4 heteroatoms. The third kappa shape index (κ3) is 2.05. The molecule has 1 atom stereocenters. The number of aromatic nitrogens is 2. The van der Waals surface area contributed by atoms with Gasteiger partial charge in [-0.1, -0.05) is 31.1 Å². The van der Waals surface area contributed by atoms with Gasteiger partial charge in [-0.15, -0.1) is 0 Å². The Morgan fingerprint density at radius 3 is 2.94 bits per heavy atom. The fourth-order valence-corrected chi connectivity index (χ4v) is 1.37. The summed E-state index contributed by atoms with van der Waals surface area (Å²) in [5.74, 6) is 1.62. The molecule has 0 aliphatic rings. The van der Waals surface area contributed by atoms with Gasteiger partial charge >= 0.3 is 0 Å².